The molecule has 0 aromatic carbocycles. The van der Waals surface area contributed by atoms with E-state index in [0.29, 0.717) is 12.8 Å². The van der Waals surface area contributed by atoms with Gasteiger partial charge in [0, 0.05) is 0 Å². The summed E-state index contributed by atoms with van der Waals surface area (Å²) < 4.78 is 76.2. The predicted octanol–water partition coefficient (Wildman–Crippen LogP) is 2.53. The first kappa shape index (κ1) is 20.5. The van der Waals surface area contributed by atoms with Gasteiger partial charge in [-0.15, -0.1) is 0 Å². The monoisotopic (exact) mass is 448 g/mol. The van der Waals surface area contributed by atoms with Crippen LogP contribution in [0.2, 0.25) is 0 Å². The number of fused-ring (bicyclic) bond motifs is 1. The summed E-state index contributed by atoms with van der Waals surface area (Å²) in [4.78, 5) is 36.8. The molecular weight excluding hydrogens is 434 g/mol. The van der Waals surface area contributed by atoms with Crippen molar-refractivity contribution in [2.45, 2.75) is 37.4 Å². The summed E-state index contributed by atoms with van der Waals surface area (Å²) >= 11 is 0. The van der Waals surface area contributed by atoms with Crippen LogP contribution >= 0.6 is 0 Å². The molecule has 0 unspecified atom stereocenters. The number of alkyl halides is 2. The molecule has 1 aliphatic carbocycles. The van der Waals surface area contributed by atoms with Crippen LogP contribution in [0.25, 0.3) is 11.2 Å². The second-order valence-electron chi connectivity index (χ2n) is 7.00. The number of ether oxygens (including phenoxy) is 3. The summed E-state index contributed by atoms with van der Waals surface area (Å²) in [6, 6.07) is 0. The van der Waals surface area contributed by atoms with Crippen LogP contribution in [0.15, 0.2) is 4.42 Å². The summed E-state index contributed by atoms with van der Waals surface area (Å²) in [5.41, 5.74) is -1.66. The fourth-order valence-corrected chi connectivity index (χ4v) is 3.70. The van der Waals surface area contributed by atoms with Crippen LogP contribution in [0.1, 0.15) is 52.8 Å². The van der Waals surface area contributed by atoms with Crippen molar-refractivity contribution in [3.8, 4) is 11.5 Å². The Hall–Kier alpha value is -2.80. The Morgan fingerprint density at radius 1 is 1.17 bits per heavy atom. The SMILES string of the molecule is O=C1Oc2c(OC(=O)C3CCCCC3)c3oc2c1c3C(=O)OCC(F)(F)S(=O)(=O)O. The number of hydrogen-bond acceptors (Lipinski definition) is 9. The Labute approximate surface area is 167 Å². The highest BCUT2D eigenvalue weighted by molar-refractivity contribution is 7.86. The van der Waals surface area contributed by atoms with Gasteiger partial charge in [-0.05, 0) is 12.8 Å². The third-order valence-corrected chi connectivity index (χ3v) is 5.89. The van der Waals surface area contributed by atoms with Crippen LogP contribution in [0, 0.1) is 5.92 Å². The van der Waals surface area contributed by atoms with Crippen LogP contribution < -0.4 is 9.47 Å². The standard InChI is InChI=1S/C17H14F2O10S/c18-17(19,30(23,24)25)6-26-15(21)8-9-11-13(29-16(9)22)12(10(8)27-11)28-14(20)7-4-2-1-3-5-7/h7H,1-6H2,(H,23,24,25). The lowest BCUT2D eigenvalue weighted by Gasteiger charge is -2.19. The number of carbonyl (C=O) groups excluding carboxylic acids is 3. The smallest absolute Gasteiger partial charge is 0.402 e. The maximum Gasteiger partial charge on any atom is 0.402 e. The van der Waals surface area contributed by atoms with Gasteiger partial charge in [0.1, 0.15) is 11.1 Å². The molecule has 162 valence electrons. The van der Waals surface area contributed by atoms with Crippen molar-refractivity contribution < 1.29 is 54.8 Å². The molecular formula is C17H14F2O10S. The normalized spacial score (nSPS) is 17.4. The lowest BCUT2D eigenvalue weighted by molar-refractivity contribution is -0.140. The number of benzene rings is 1. The molecule has 2 bridgehead atoms. The van der Waals surface area contributed by atoms with Crippen LogP contribution in [-0.4, -0.2) is 42.7 Å². The average molecular weight is 448 g/mol. The van der Waals surface area contributed by atoms with Gasteiger partial charge in [-0.2, -0.15) is 17.2 Å². The zero-order valence-electron chi connectivity index (χ0n) is 15.1. The third-order valence-electron chi connectivity index (χ3n) is 5.02. The van der Waals surface area contributed by atoms with Gasteiger partial charge in [0.15, 0.2) is 17.8 Å². The van der Waals surface area contributed by atoms with Gasteiger partial charge in [-0.3, -0.25) is 9.35 Å². The predicted molar refractivity (Wildman–Crippen MR) is 91.3 cm³/mol. The van der Waals surface area contributed by atoms with E-state index in [1.165, 1.54) is 0 Å². The second-order valence-corrected chi connectivity index (χ2v) is 8.55. The number of carbonyl (C=O) groups is 3. The molecule has 0 radical (unpaired) electrons. The molecule has 1 saturated carbocycles. The number of esters is 3. The van der Waals surface area contributed by atoms with E-state index in [9.17, 15) is 31.6 Å². The molecule has 0 amide bonds. The first-order valence-electron chi connectivity index (χ1n) is 8.89. The molecule has 1 aliphatic heterocycles. The summed E-state index contributed by atoms with van der Waals surface area (Å²) in [5, 5.41) is -4.77. The van der Waals surface area contributed by atoms with E-state index < -0.39 is 56.6 Å². The molecule has 3 heterocycles. The highest BCUT2D eigenvalue weighted by Gasteiger charge is 2.48. The van der Waals surface area contributed by atoms with Crippen molar-refractivity contribution in [2.75, 3.05) is 6.61 Å². The highest BCUT2D eigenvalue weighted by atomic mass is 32.2. The van der Waals surface area contributed by atoms with Crippen LogP contribution in [-0.2, 0) is 19.6 Å². The molecule has 2 aromatic rings. The van der Waals surface area contributed by atoms with E-state index in [1.54, 1.807) is 0 Å². The van der Waals surface area contributed by atoms with E-state index in [0.717, 1.165) is 19.3 Å². The van der Waals surface area contributed by atoms with Crippen molar-refractivity contribution in [3.05, 3.63) is 11.1 Å². The van der Waals surface area contributed by atoms with E-state index in [4.69, 9.17) is 18.4 Å². The molecule has 4 rings (SSSR count). The molecule has 10 nitrogen and oxygen atoms in total. The fourth-order valence-electron chi connectivity index (χ4n) is 3.49. The van der Waals surface area contributed by atoms with E-state index in [2.05, 4.69) is 4.74 Å². The van der Waals surface area contributed by atoms with Crippen molar-refractivity contribution in [1.29, 1.82) is 0 Å². The number of furan rings is 2. The molecule has 2 aliphatic rings. The number of rotatable bonds is 6. The molecule has 2 aromatic heterocycles. The molecule has 0 atom stereocenters. The van der Waals surface area contributed by atoms with Gasteiger partial charge in [0.25, 0.3) is 0 Å². The van der Waals surface area contributed by atoms with Gasteiger partial charge in [0.05, 0.1) is 5.92 Å². The lowest BCUT2D eigenvalue weighted by atomic mass is 9.89. The maximum absolute atomic E-state index is 13.3. The second kappa shape index (κ2) is 6.87. The Balaban J connectivity index is 1.61. The fraction of sp³-hybridized carbons (Fsp3) is 0.471. The summed E-state index contributed by atoms with van der Waals surface area (Å²) in [6.45, 7) is -2.01. The van der Waals surface area contributed by atoms with Crippen molar-refractivity contribution in [2.24, 2.45) is 5.92 Å². The Bertz CT molecular complexity index is 1140. The third kappa shape index (κ3) is 3.17. The first-order chi connectivity index (χ1) is 14.0. The first-order valence-corrected chi connectivity index (χ1v) is 10.3. The van der Waals surface area contributed by atoms with Gasteiger partial charge in [-0.25, -0.2) is 9.59 Å². The van der Waals surface area contributed by atoms with E-state index >= 15 is 0 Å². The lowest BCUT2D eigenvalue weighted by Crippen LogP contribution is -2.34. The van der Waals surface area contributed by atoms with E-state index in [-0.39, 0.29) is 23.0 Å². The summed E-state index contributed by atoms with van der Waals surface area (Å²) in [7, 11) is -5.83. The highest BCUT2D eigenvalue weighted by Crippen LogP contribution is 2.52. The Kier molecular flexibility index (Phi) is 4.69. The van der Waals surface area contributed by atoms with E-state index in [1.807, 2.05) is 0 Å². The van der Waals surface area contributed by atoms with Gasteiger partial charge in [-0.1, -0.05) is 19.3 Å². The molecule has 1 N–H and O–H groups in total. The van der Waals surface area contributed by atoms with Gasteiger partial charge < -0.3 is 18.6 Å². The zero-order chi connectivity index (χ0) is 21.8. The van der Waals surface area contributed by atoms with Crippen molar-refractivity contribution in [1.82, 2.24) is 0 Å². The maximum atomic E-state index is 13.3. The summed E-state index contributed by atoms with van der Waals surface area (Å²) in [5.74, 6) is -4.13. The number of hydrogen-bond donors (Lipinski definition) is 1. The molecule has 0 spiro atoms. The minimum atomic E-state index is -5.83. The topological polar surface area (TPSA) is 146 Å². The van der Waals surface area contributed by atoms with Crippen LogP contribution in [0.4, 0.5) is 8.78 Å². The minimum Gasteiger partial charge on any atom is -0.454 e. The Morgan fingerprint density at radius 3 is 2.47 bits per heavy atom. The molecule has 30 heavy (non-hydrogen) atoms. The van der Waals surface area contributed by atoms with Crippen molar-refractivity contribution in [3.63, 3.8) is 0 Å². The average Bonchev–Trinajstić information content (AvgIpc) is 3.29. The molecule has 1 fully saturated rings. The van der Waals surface area contributed by atoms with Crippen LogP contribution in [0.3, 0.4) is 0 Å². The molecule has 0 saturated heterocycles. The Morgan fingerprint density at radius 2 is 1.83 bits per heavy atom. The molecule has 13 heteroatoms. The minimum absolute atomic E-state index is 0.200. The van der Waals surface area contributed by atoms with Crippen LogP contribution in [0.5, 0.6) is 11.5 Å². The summed E-state index contributed by atoms with van der Waals surface area (Å²) in [6.07, 6.45) is 3.89. The largest absolute Gasteiger partial charge is 0.454 e. The van der Waals surface area contributed by atoms with Gasteiger partial charge in [0.2, 0.25) is 11.5 Å². The zero-order valence-corrected chi connectivity index (χ0v) is 15.9. The van der Waals surface area contributed by atoms with Gasteiger partial charge >= 0.3 is 33.3 Å². The van der Waals surface area contributed by atoms with Crippen molar-refractivity contribution >= 4 is 39.2 Å². The number of halogens is 2. The quantitative estimate of drug-likeness (QED) is 0.397.